The Morgan fingerprint density at radius 3 is 2.67 bits per heavy atom. The number of thiazole rings is 1. The molecule has 0 saturated carbocycles. The number of carbonyl (C=O) groups is 2. The van der Waals surface area contributed by atoms with Crippen molar-refractivity contribution in [2.45, 2.75) is 13.5 Å². The Morgan fingerprint density at radius 1 is 1.33 bits per heavy atom. The quantitative estimate of drug-likeness (QED) is 0.850. The second-order valence-electron chi connectivity index (χ2n) is 4.31. The van der Waals surface area contributed by atoms with Gasteiger partial charge in [-0.1, -0.05) is 17.7 Å². The smallest absolute Gasteiger partial charge is 0.355 e. The summed E-state index contributed by atoms with van der Waals surface area (Å²) in [5.41, 5.74) is 1.10. The van der Waals surface area contributed by atoms with Crippen molar-refractivity contribution in [3.05, 3.63) is 45.9 Å². The summed E-state index contributed by atoms with van der Waals surface area (Å²) >= 11 is 1.19. The highest BCUT2D eigenvalue weighted by Gasteiger charge is 2.09. The molecule has 0 unspecified atom stereocenters. The molecule has 0 spiro atoms. The first-order valence-corrected chi connectivity index (χ1v) is 7.06. The molecule has 21 heavy (non-hydrogen) atoms. The fourth-order valence-corrected chi connectivity index (χ4v) is 2.21. The molecule has 0 bridgehead atoms. The zero-order chi connectivity index (χ0) is 15.2. The Hall–Kier alpha value is -2.41. The lowest BCUT2D eigenvalue weighted by Gasteiger charge is -2.06. The maximum atomic E-state index is 11.6. The Labute approximate surface area is 125 Å². The lowest BCUT2D eigenvalue weighted by atomic mass is 10.2. The predicted molar refractivity (Wildman–Crippen MR) is 77.6 cm³/mol. The minimum atomic E-state index is -1.08. The number of aromatic carboxylic acids is 1. The minimum Gasteiger partial charge on any atom is -0.484 e. The molecule has 2 N–H and O–H groups in total. The molecule has 0 fully saturated rings. The molecule has 0 aliphatic carbocycles. The highest BCUT2D eigenvalue weighted by Crippen LogP contribution is 2.11. The predicted octanol–water partition coefficient (Wildman–Crippen LogP) is 1.84. The van der Waals surface area contributed by atoms with Gasteiger partial charge in [-0.25, -0.2) is 9.78 Å². The van der Waals surface area contributed by atoms with Gasteiger partial charge in [-0.15, -0.1) is 11.3 Å². The first kappa shape index (κ1) is 15.0. The van der Waals surface area contributed by atoms with Gasteiger partial charge in [0.25, 0.3) is 5.91 Å². The van der Waals surface area contributed by atoms with Crippen LogP contribution in [0.5, 0.6) is 5.75 Å². The molecular formula is C14H14N2O4S. The summed E-state index contributed by atoms with van der Waals surface area (Å²) < 4.78 is 5.33. The van der Waals surface area contributed by atoms with Gasteiger partial charge in [-0.2, -0.15) is 0 Å². The number of hydrogen-bond donors (Lipinski definition) is 2. The number of aromatic nitrogens is 1. The molecule has 110 valence electrons. The monoisotopic (exact) mass is 306 g/mol. The van der Waals surface area contributed by atoms with Crippen LogP contribution >= 0.6 is 11.3 Å². The van der Waals surface area contributed by atoms with Crippen LogP contribution < -0.4 is 10.1 Å². The molecule has 0 aliphatic heterocycles. The molecule has 1 aromatic heterocycles. The van der Waals surface area contributed by atoms with Gasteiger partial charge in [0.15, 0.2) is 12.3 Å². The molecule has 1 heterocycles. The fourth-order valence-electron chi connectivity index (χ4n) is 1.50. The number of nitrogens with one attached hydrogen (secondary N) is 1. The second-order valence-corrected chi connectivity index (χ2v) is 5.25. The van der Waals surface area contributed by atoms with Crippen LogP contribution in [0.4, 0.5) is 0 Å². The van der Waals surface area contributed by atoms with Crippen LogP contribution in [0.25, 0.3) is 0 Å². The van der Waals surface area contributed by atoms with E-state index in [2.05, 4.69) is 10.3 Å². The lowest BCUT2D eigenvalue weighted by Crippen LogP contribution is -2.28. The maximum Gasteiger partial charge on any atom is 0.355 e. The lowest BCUT2D eigenvalue weighted by molar-refractivity contribution is -0.123. The number of hydrogen-bond acceptors (Lipinski definition) is 5. The molecule has 7 heteroatoms. The van der Waals surface area contributed by atoms with Crippen molar-refractivity contribution in [3.63, 3.8) is 0 Å². The third-order valence-corrected chi connectivity index (χ3v) is 3.45. The van der Waals surface area contributed by atoms with Crippen LogP contribution in [-0.2, 0) is 11.3 Å². The van der Waals surface area contributed by atoms with Gasteiger partial charge in [0, 0.05) is 5.38 Å². The molecule has 2 rings (SSSR count). The van der Waals surface area contributed by atoms with Crippen LogP contribution in [0.15, 0.2) is 29.6 Å². The number of amides is 1. The first-order valence-electron chi connectivity index (χ1n) is 6.18. The maximum absolute atomic E-state index is 11.6. The minimum absolute atomic E-state index is 0.0137. The Balaban J connectivity index is 1.76. The zero-order valence-corrected chi connectivity index (χ0v) is 12.1. The Bertz CT molecular complexity index is 637. The van der Waals surface area contributed by atoms with Crippen molar-refractivity contribution in [2.24, 2.45) is 0 Å². The second kappa shape index (κ2) is 6.85. The van der Waals surface area contributed by atoms with Gasteiger partial charge in [0.05, 0.1) is 6.54 Å². The van der Waals surface area contributed by atoms with Crippen molar-refractivity contribution in [1.82, 2.24) is 10.3 Å². The molecule has 2 aromatic rings. The number of carboxylic acids is 1. The molecule has 1 aromatic carbocycles. The van der Waals surface area contributed by atoms with Crippen LogP contribution in [0.1, 0.15) is 21.1 Å². The number of ether oxygens (including phenoxy) is 1. The van der Waals surface area contributed by atoms with E-state index in [0.717, 1.165) is 5.56 Å². The van der Waals surface area contributed by atoms with Gasteiger partial charge in [0.2, 0.25) is 0 Å². The standard InChI is InChI=1S/C14H14N2O4S/c1-9-2-4-10(5-3-9)20-7-12(17)15-6-13-16-11(8-21-13)14(18)19/h2-5,8H,6-7H2,1H3,(H,15,17)(H,18,19). The molecule has 0 atom stereocenters. The summed E-state index contributed by atoms with van der Waals surface area (Å²) in [6.45, 7) is 2.06. The number of carboxylic acid groups (broad SMARTS) is 1. The van der Waals surface area contributed by atoms with Gasteiger partial charge in [-0.3, -0.25) is 4.79 Å². The number of carbonyl (C=O) groups excluding carboxylic acids is 1. The van der Waals surface area contributed by atoms with E-state index in [0.29, 0.717) is 10.8 Å². The van der Waals surface area contributed by atoms with Crippen LogP contribution in [0.2, 0.25) is 0 Å². The van der Waals surface area contributed by atoms with E-state index >= 15 is 0 Å². The van der Waals surface area contributed by atoms with E-state index in [1.54, 1.807) is 12.1 Å². The SMILES string of the molecule is Cc1ccc(OCC(=O)NCc2nc(C(=O)O)cs2)cc1. The first-order chi connectivity index (χ1) is 10.0. The number of benzene rings is 1. The Kier molecular flexibility index (Phi) is 4.89. The van der Waals surface area contributed by atoms with Crippen molar-refractivity contribution >= 4 is 23.2 Å². The fraction of sp³-hybridized carbons (Fsp3) is 0.214. The Morgan fingerprint density at radius 2 is 2.05 bits per heavy atom. The topological polar surface area (TPSA) is 88.5 Å². The van der Waals surface area contributed by atoms with Crippen molar-refractivity contribution in [2.75, 3.05) is 6.61 Å². The number of aryl methyl sites for hydroxylation is 1. The normalized spacial score (nSPS) is 10.1. The van der Waals surface area contributed by atoms with E-state index in [1.165, 1.54) is 16.7 Å². The third kappa shape index (κ3) is 4.57. The molecule has 1 amide bonds. The number of nitrogens with zero attached hydrogens (tertiary/aromatic N) is 1. The van der Waals surface area contributed by atoms with E-state index < -0.39 is 5.97 Å². The molecule has 0 aliphatic rings. The summed E-state index contributed by atoms with van der Waals surface area (Å²) in [6, 6.07) is 7.39. The van der Waals surface area contributed by atoms with Crippen LogP contribution in [0.3, 0.4) is 0 Å². The summed E-state index contributed by atoms with van der Waals surface area (Å²) in [5.74, 6) is -0.743. The third-order valence-electron chi connectivity index (χ3n) is 2.60. The van der Waals surface area contributed by atoms with Crippen molar-refractivity contribution in [3.8, 4) is 5.75 Å². The van der Waals surface area contributed by atoms with Gasteiger partial charge < -0.3 is 15.2 Å². The van der Waals surface area contributed by atoms with Gasteiger partial charge >= 0.3 is 5.97 Å². The highest BCUT2D eigenvalue weighted by molar-refractivity contribution is 7.09. The van der Waals surface area contributed by atoms with Gasteiger partial charge in [-0.05, 0) is 19.1 Å². The van der Waals surface area contributed by atoms with E-state index in [-0.39, 0.29) is 24.8 Å². The van der Waals surface area contributed by atoms with E-state index in [4.69, 9.17) is 9.84 Å². The van der Waals surface area contributed by atoms with Crippen molar-refractivity contribution < 1.29 is 19.4 Å². The highest BCUT2D eigenvalue weighted by atomic mass is 32.1. The molecular weight excluding hydrogens is 292 g/mol. The molecule has 0 radical (unpaired) electrons. The summed E-state index contributed by atoms with van der Waals surface area (Å²) in [6.07, 6.45) is 0. The summed E-state index contributed by atoms with van der Waals surface area (Å²) in [7, 11) is 0. The van der Waals surface area contributed by atoms with E-state index in [1.807, 2.05) is 19.1 Å². The molecule has 0 saturated heterocycles. The number of rotatable bonds is 6. The van der Waals surface area contributed by atoms with Crippen molar-refractivity contribution in [1.29, 1.82) is 0 Å². The average Bonchev–Trinajstić information content (AvgIpc) is 2.93. The average molecular weight is 306 g/mol. The zero-order valence-electron chi connectivity index (χ0n) is 11.3. The summed E-state index contributed by atoms with van der Waals surface area (Å²) in [5, 5.41) is 13.3. The van der Waals surface area contributed by atoms with Crippen LogP contribution in [-0.4, -0.2) is 28.6 Å². The van der Waals surface area contributed by atoms with E-state index in [9.17, 15) is 9.59 Å². The van der Waals surface area contributed by atoms with Crippen LogP contribution in [0, 0.1) is 6.92 Å². The van der Waals surface area contributed by atoms with Gasteiger partial charge in [0.1, 0.15) is 10.8 Å². The summed E-state index contributed by atoms with van der Waals surface area (Å²) in [4.78, 5) is 26.2. The molecule has 6 nitrogen and oxygen atoms in total. The largest absolute Gasteiger partial charge is 0.484 e.